The van der Waals surface area contributed by atoms with Gasteiger partial charge in [0.05, 0.1) is 0 Å². The first-order valence-electron chi connectivity index (χ1n) is 5.17. The van der Waals surface area contributed by atoms with E-state index in [1.807, 2.05) is 5.32 Å². The Kier molecular flexibility index (Phi) is 3.63. The van der Waals surface area contributed by atoms with E-state index in [9.17, 15) is 17.7 Å². The van der Waals surface area contributed by atoms with Crippen molar-refractivity contribution in [3.8, 4) is 0 Å². The predicted octanol–water partition coefficient (Wildman–Crippen LogP) is 2.38. The third-order valence-electron chi connectivity index (χ3n) is 1.85. The third kappa shape index (κ3) is 3.68. The summed E-state index contributed by atoms with van der Waals surface area (Å²) in [4.78, 5) is 11.3. The molecule has 1 N–H and O–H groups in total. The molecule has 0 saturated carbocycles. The Morgan fingerprint density at radius 2 is 1.94 bits per heavy atom. The number of hydrogen-bond donors (Lipinski definition) is 1. The van der Waals surface area contributed by atoms with Gasteiger partial charge in [-0.05, 0) is 33.2 Å². The Bertz CT molecular complexity index is 451. The lowest BCUT2D eigenvalue weighted by molar-refractivity contribution is 0.0635. The molecule has 0 spiro atoms. The molecule has 0 radical (unpaired) electrons. The number of carbonyl (C=O) groups is 1. The van der Waals surface area contributed by atoms with Crippen LogP contribution in [0.25, 0.3) is 0 Å². The van der Waals surface area contributed by atoms with E-state index < -0.39 is 35.7 Å². The maximum Gasteiger partial charge on any atom is 0.516 e. The topological polar surface area (TPSA) is 64.4 Å². The van der Waals surface area contributed by atoms with Gasteiger partial charge in [-0.15, -0.1) is 0 Å². The molecule has 0 atom stereocenters. The molecule has 102 valence electrons. The fourth-order valence-electron chi connectivity index (χ4n) is 1.26. The number of aryl methyl sites for hydroxylation is 1. The SMILES string of the molecule is Cc1onc(NC(=O)OC(C)(C)C)c1[B-](F)(F)F. The number of rotatable bonds is 2. The first kappa shape index (κ1) is 14.4. The molecular formula is C9H13BF3N2O3-. The zero-order chi connectivity index (χ0) is 14.1. The molecule has 18 heavy (non-hydrogen) atoms. The van der Waals surface area contributed by atoms with Gasteiger partial charge in [0, 0.05) is 0 Å². The van der Waals surface area contributed by atoms with E-state index in [2.05, 4.69) is 9.68 Å². The highest BCUT2D eigenvalue weighted by atomic mass is 19.4. The number of nitrogens with one attached hydrogen (secondary N) is 1. The lowest BCUT2D eigenvalue weighted by Crippen LogP contribution is -2.38. The van der Waals surface area contributed by atoms with Gasteiger partial charge in [-0.1, -0.05) is 5.16 Å². The summed E-state index contributed by atoms with van der Waals surface area (Å²) in [6.45, 7) is 0.583. The minimum absolute atomic E-state index is 0.395. The van der Waals surface area contributed by atoms with Crippen LogP contribution < -0.4 is 10.8 Å². The highest BCUT2D eigenvalue weighted by molar-refractivity contribution is 6.75. The predicted molar refractivity (Wildman–Crippen MR) is 59.8 cm³/mol. The van der Waals surface area contributed by atoms with Crippen LogP contribution in [0.1, 0.15) is 26.5 Å². The highest BCUT2D eigenvalue weighted by Crippen LogP contribution is 2.18. The fraction of sp³-hybridized carbons (Fsp3) is 0.556. The summed E-state index contributed by atoms with van der Waals surface area (Å²) in [5.74, 6) is -1.07. The highest BCUT2D eigenvalue weighted by Gasteiger charge is 2.35. The lowest BCUT2D eigenvalue weighted by atomic mass is 9.80. The number of hydrogen-bond acceptors (Lipinski definition) is 4. The molecule has 0 fully saturated rings. The van der Waals surface area contributed by atoms with Gasteiger partial charge in [-0.3, -0.25) is 5.32 Å². The van der Waals surface area contributed by atoms with Gasteiger partial charge < -0.3 is 22.2 Å². The summed E-state index contributed by atoms with van der Waals surface area (Å²) in [5, 5.41) is 5.08. The van der Waals surface area contributed by atoms with Gasteiger partial charge in [0.15, 0.2) is 5.82 Å². The summed E-state index contributed by atoms with van der Waals surface area (Å²) in [5.41, 5.74) is -1.87. The fourth-order valence-corrected chi connectivity index (χ4v) is 1.26. The Balaban J connectivity index is 2.90. The molecule has 0 saturated heterocycles. The number of anilines is 1. The number of nitrogens with zero attached hydrogens (tertiary/aromatic N) is 1. The first-order chi connectivity index (χ1) is 8.00. The summed E-state index contributed by atoms with van der Waals surface area (Å²) >= 11 is 0. The van der Waals surface area contributed by atoms with E-state index in [0.717, 1.165) is 6.92 Å². The molecule has 0 unspecified atom stereocenters. The average Bonchev–Trinajstić information content (AvgIpc) is 2.41. The quantitative estimate of drug-likeness (QED) is 0.834. The smallest absolute Gasteiger partial charge is 0.445 e. The van der Waals surface area contributed by atoms with Gasteiger partial charge >= 0.3 is 13.1 Å². The van der Waals surface area contributed by atoms with E-state index in [-0.39, 0.29) is 0 Å². The van der Waals surface area contributed by atoms with Gasteiger partial charge in [-0.25, -0.2) is 4.79 Å². The van der Waals surface area contributed by atoms with Crippen LogP contribution in [0.2, 0.25) is 0 Å². The summed E-state index contributed by atoms with van der Waals surface area (Å²) in [7, 11) is 0. The second kappa shape index (κ2) is 4.54. The molecule has 0 aliphatic carbocycles. The van der Waals surface area contributed by atoms with E-state index in [1.54, 1.807) is 20.8 Å². The molecule has 1 rings (SSSR count). The molecule has 0 aliphatic rings. The van der Waals surface area contributed by atoms with Crippen molar-refractivity contribution in [1.82, 2.24) is 5.16 Å². The number of carbonyl (C=O) groups excluding carboxylic acids is 1. The van der Waals surface area contributed by atoms with Crippen LogP contribution in [0.15, 0.2) is 4.52 Å². The van der Waals surface area contributed by atoms with Gasteiger partial charge in [0.25, 0.3) is 0 Å². The van der Waals surface area contributed by atoms with Crippen LogP contribution in [0.3, 0.4) is 0 Å². The van der Waals surface area contributed by atoms with Crippen molar-refractivity contribution in [1.29, 1.82) is 0 Å². The number of halogens is 3. The largest absolute Gasteiger partial charge is 0.516 e. The maximum absolute atomic E-state index is 12.7. The maximum atomic E-state index is 12.7. The Labute approximate surface area is 102 Å². The molecule has 1 heterocycles. The van der Waals surface area contributed by atoms with Crippen molar-refractivity contribution in [3.05, 3.63) is 5.76 Å². The molecule has 1 aromatic heterocycles. The van der Waals surface area contributed by atoms with Crippen LogP contribution in [-0.2, 0) is 4.74 Å². The number of ether oxygens (including phenoxy) is 1. The molecule has 1 amide bonds. The second-order valence-electron chi connectivity index (χ2n) is 4.70. The van der Waals surface area contributed by atoms with Crippen molar-refractivity contribution in [3.63, 3.8) is 0 Å². The normalized spacial score (nSPS) is 12.4. The molecule has 9 heteroatoms. The van der Waals surface area contributed by atoms with E-state index in [0.29, 0.717) is 0 Å². The minimum Gasteiger partial charge on any atom is -0.445 e. The Hall–Kier alpha value is -1.67. The van der Waals surface area contributed by atoms with Crippen molar-refractivity contribution >= 4 is 24.4 Å². The van der Waals surface area contributed by atoms with Gasteiger partial charge in [-0.2, -0.15) is 0 Å². The van der Waals surface area contributed by atoms with E-state index >= 15 is 0 Å². The monoisotopic (exact) mass is 265 g/mol. The Morgan fingerprint density at radius 3 is 2.39 bits per heavy atom. The zero-order valence-electron chi connectivity index (χ0n) is 10.4. The molecule has 0 aliphatic heterocycles. The van der Waals surface area contributed by atoms with Crippen LogP contribution in [-0.4, -0.2) is 23.8 Å². The van der Waals surface area contributed by atoms with Crippen LogP contribution >= 0.6 is 0 Å². The van der Waals surface area contributed by atoms with Crippen molar-refractivity contribution in [2.45, 2.75) is 33.3 Å². The van der Waals surface area contributed by atoms with Gasteiger partial charge in [0.1, 0.15) is 11.4 Å². The van der Waals surface area contributed by atoms with Crippen LogP contribution in [0, 0.1) is 6.92 Å². The summed E-state index contributed by atoms with van der Waals surface area (Å²) < 4.78 is 47.4. The third-order valence-corrected chi connectivity index (χ3v) is 1.85. The number of aromatic nitrogens is 1. The molecule has 0 bridgehead atoms. The van der Waals surface area contributed by atoms with E-state index in [1.165, 1.54) is 0 Å². The van der Waals surface area contributed by atoms with Crippen LogP contribution in [0.4, 0.5) is 23.6 Å². The Morgan fingerprint density at radius 1 is 1.39 bits per heavy atom. The minimum atomic E-state index is -5.32. The van der Waals surface area contributed by atoms with Crippen molar-refractivity contribution in [2.24, 2.45) is 0 Å². The lowest BCUT2D eigenvalue weighted by Gasteiger charge is -2.20. The van der Waals surface area contributed by atoms with Gasteiger partial charge in [0.2, 0.25) is 0 Å². The first-order valence-corrected chi connectivity index (χ1v) is 5.17. The molecular weight excluding hydrogens is 252 g/mol. The molecule has 1 aromatic rings. The summed E-state index contributed by atoms with van der Waals surface area (Å²) in [6, 6.07) is 0. The summed E-state index contributed by atoms with van der Waals surface area (Å²) in [6.07, 6.45) is -1.02. The second-order valence-corrected chi connectivity index (χ2v) is 4.70. The molecule has 5 nitrogen and oxygen atoms in total. The molecule has 0 aromatic carbocycles. The van der Waals surface area contributed by atoms with Crippen molar-refractivity contribution in [2.75, 3.05) is 5.32 Å². The number of amides is 1. The zero-order valence-corrected chi connectivity index (χ0v) is 10.4. The van der Waals surface area contributed by atoms with Crippen molar-refractivity contribution < 1.29 is 27.0 Å². The average molecular weight is 265 g/mol. The van der Waals surface area contributed by atoms with E-state index in [4.69, 9.17) is 4.74 Å². The van der Waals surface area contributed by atoms with Crippen LogP contribution in [0.5, 0.6) is 0 Å². The standard InChI is InChI=1S/C9H13BF3N2O3/c1-5-6(10(11,12)13)7(15-18-5)14-8(16)17-9(2,3)4/h1-4H3,(H,14,15,16)/q-1.